The molecule has 96 valence electrons. The van der Waals surface area contributed by atoms with E-state index in [0.717, 1.165) is 6.07 Å². The number of aromatic nitrogens is 2. The lowest BCUT2D eigenvalue weighted by Crippen LogP contribution is -2.31. The summed E-state index contributed by atoms with van der Waals surface area (Å²) >= 11 is 3.87. The fourth-order valence-electron chi connectivity index (χ4n) is 1.28. The summed E-state index contributed by atoms with van der Waals surface area (Å²) in [7, 11) is 0. The smallest absolute Gasteiger partial charge is 0.354 e. The van der Waals surface area contributed by atoms with Gasteiger partial charge < -0.3 is 5.32 Å². The van der Waals surface area contributed by atoms with Crippen LogP contribution in [0.1, 0.15) is 11.4 Å². The van der Waals surface area contributed by atoms with Gasteiger partial charge in [-0.1, -0.05) is 0 Å². The molecule has 1 aromatic heterocycles. The first-order valence-corrected chi connectivity index (χ1v) is 5.47. The van der Waals surface area contributed by atoms with Gasteiger partial charge in [0.2, 0.25) is 5.91 Å². The topological polar surface area (TPSA) is 46.9 Å². The Morgan fingerprint density at radius 3 is 2.76 bits per heavy atom. The van der Waals surface area contributed by atoms with E-state index in [0.29, 0.717) is 17.0 Å². The zero-order valence-electron chi connectivity index (χ0n) is 9.08. The van der Waals surface area contributed by atoms with E-state index >= 15 is 0 Å². The second-order valence-electron chi connectivity index (χ2n) is 3.40. The number of nitrogens with zero attached hydrogens (tertiary/aromatic N) is 2. The first-order valence-electron chi connectivity index (χ1n) is 4.84. The molecule has 1 amide bonds. The third-order valence-electron chi connectivity index (χ3n) is 1.92. The quantitative estimate of drug-likeness (QED) is 0.807. The van der Waals surface area contributed by atoms with Crippen molar-refractivity contribution in [2.24, 2.45) is 0 Å². The van der Waals surface area contributed by atoms with Crippen LogP contribution < -0.4 is 5.32 Å². The van der Waals surface area contributed by atoms with E-state index in [1.807, 2.05) is 0 Å². The van der Waals surface area contributed by atoms with Crippen LogP contribution in [0.15, 0.2) is 6.07 Å². The molecule has 0 spiro atoms. The standard InChI is InChI=1S/C9H12F3N3OS/c1-6-4-7(9(10,11)12)15(14-6)5-8(16)13-2-3-17/h4,17H,2-3,5H2,1H3,(H,13,16). The maximum atomic E-state index is 12.6. The molecule has 17 heavy (non-hydrogen) atoms. The minimum absolute atomic E-state index is 0.222. The highest BCUT2D eigenvalue weighted by molar-refractivity contribution is 7.80. The van der Waals surface area contributed by atoms with Gasteiger partial charge in [-0.25, -0.2) is 0 Å². The number of hydrogen-bond donors (Lipinski definition) is 2. The summed E-state index contributed by atoms with van der Waals surface area (Å²) < 4.78 is 38.3. The van der Waals surface area contributed by atoms with Crippen molar-refractivity contribution >= 4 is 18.5 Å². The molecule has 1 rings (SSSR count). The Kier molecular flexibility index (Phi) is 4.44. The van der Waals surface area contributed by atoms with Crippen molar-refractivity contribution in [1.82, 2.24) is 15.1 Å². The zero-order chi connectivity index (χ0) is 13.1. The molecule has 0 unspecified atom stereocenters. The maximum Gasteiger partial charge on any atom is 0.433 e. The van der Waals surface area contributed by atoms with Crippen molar-refractivity contribution < 1.29 is 18.0 Å². The molecule has 0 saturated carbocycles. The molecule has 0 aliphatic carbocycles. The highest BCUT2D eigenvalue weighted by atomic mass is 32.1. The first-order chi connectivity index (χ1) is 7.84. The maximum absolute atomic E-state index is 12.6. The van der Waals surface area contributed by atoms with Gasteiger partial charge in [0.15, 0.2) is 0 Å². The molecule has 0 aromatic carbocycles. The van der Waals surface area contributed by atoms with Crippen LogP contribution in [0.3, 0.4) is 0 Å². The number of nitrogens with one attached hydrogen (secondary N) is 1. The summed E-state index contributed by atoms with van der Waals surface area (Å²) in [5, 5.41) is 6.07. The zero-order valence-corrected chi connectivity index (χ0v) is 9.98. The predicted octanol–water partition coefficient (Wildman–Crippen LogP) is 1.26. The average Bonchev–Trinajstić information content (AvgIpc) is 2.56. The monoisotopic (exact) mass is 267 g/mol. The summed E-state index contributed by atoms with van der Waals surface area (Å²) in [6, 6.07) is 0.909. The Morgan fingerprint density at radius 2 is 2.24 bits per heavy atom. The summed E-state index contributed by atoms with van der Waals surface area (Å²) in [6.07, 6.45) is -4.51. The molecule has 1 N–H and O–H groups in total. The number of amides is 1. The molecule has 0 bridgehead atoms. The van der Waals surface area contributed by atoms with E-state index in [9.17, 15) is 18.0 Å². The molecular formula is C9H12F3N3OS. The van der Waals surface area contributed by atoms with E-state index in [1.54, 1.807) is 0 Å². The number of halogens is 3. The van der Waals surface area contributed by atoms with Crippen molar-refractivity contribution in [1.29, 1.82) is 0 Å². The summed E-state index contributed by atoms with van der Waals surface area (Å²) in [5.74, 6) is -0.0941. The van der Waals surface area contributed by atoms with Crippen LogP contribution in [0.25, 0.3) is 0 Å². The van der Waals surface area contributed by atoms with Gasteiger partial charge in [-0.05, 0) is 13.0 Å². The van der Waals surface area contributed by atoms with Crippen molar-refractivity contribution in [3.63, 3.8) is 0 Å². The van der Waals surface area contributed by atoms with Crippen LogP contribution in [0, 0.1) is 6.92 Å². The number of aryl methyl sites for hydroxylation is 1. The van der Waals surface area contributed by atoms with E-state index in [4.69, 9.17) is 0 Å². The summed E-state index contributed by atoms with van der Waals surface area (Å²) in [4.78, 5) is 11.3. The van der Waals surface area contributed by atoms with Gasteiger partial charge in [0.1, 0.15) is 12.2 Å². The minimum atomic E-state index is -4.51. The lowest BCUT2D eigenvalue weighted by Gasteiger charge is -2.09. The number of carbonyl (C=O) groups is 1. The molecule has 1 heterocycles. The summed E-state index contributed by atoms with van der Waals surface area (Å²) in [6.45, 7) is 1.30. The Balaban J connectivity index is 2.80. The molecule has 0 aliphatic rings. The molecule has 1 aromatic rings. The van der Waals surface area contributed by atoms with Crippen LogP contribution in [-0.2, 0) is 17.5 Å². The van der Waals surface area contributed by atoms with Gasteiger partial charge in [-0.15, -0.1) is 0 Å². The molecule has 0 radical (unpaired) electrons. The van der Waals surface area contributed by atoms with Crippen LogP contribution in [-0.4, -0.2) is 28.0 Å². The molecule has 0 fully saturated rings. The second-order valence-corrected chi connectivity index (χ2v) is 3.85. The SMILES string of the molecule is Cc1cc(C(F)(F)F)n(CC(=O)NCCS)n1. The fraction of sp³-hybridized carbons (Fsp3) is 0.556. The molecule has 0 aliphatic heterocycles. The summed E-state index contributed by atoms with van der Waals surface area (Å²) in [5.41, 5.74) is -0.699. The van der Waals surface area contributed by atoms with Gasteiger partial charge in [-0.2, -0.15) is 30.9 Å². The average molecular weight is 267 g/mol. The van der Waals surface area contributed by atoms with Gasteiger partial charge in [-0.3, -0.25) is 9.48 Å². The molecule has 4 nitrogen and oxygen atoms in total. The van der Waals surface area contributed by atoms with Crippen LogP contribution in [0.5, 0.6) is 0 Å². The van der Waals surface area contributed by atoms with Crippen LogP contribution in [0.4, 0.5) is 13.2 Å². The van der Waals surface area contributed by atoms with Crippen molar-refractivity contribution in [2.45, 2.75) is 19.6 Å². The lowest BCUT2D eigenvalue weighted by molar-refractivity contribution is -0.144. The van der Waals surface area contributed by atoms with Crippen molar-refractivity contribution in [2.75, 3.05) is 12.3 Å². The third-order valence-corrected chi connectivity index (χ3v) is 2.14. The van der Waals surface area contributed by atoms with E-state index in [1.165, 1.54) is 6.92 Å². The van der Waals surface area contributed by atoms with Crippen LogP contribution >= 0.6 is 12.6 Å². The van der Waals surface area contributed by atoms with Gasteiger partial charge in [0.25, 0.3) is 0 Å². The fourth-order valence-corrected chi connectivity index (χ4v) is 1.39. The number of hydrogen-bond acceptors (Lipinski definition) is 3. The highest BCUT2D eigenvalue weighted by Gasteiger charge is 2.35. The van der Waals surface area contributed by atoms with Gasteiger partial charge in [0.05, 0.1) is 5.69 Å². The third kappa shape index (κ3) is 3.95. The minimum Gasteiger partial charge on any atom is -0.354 e. The Hall–Kier alpha value is -1.18. The van der Waals surface area contributed by atoms with Crippen molar-refractivity contribution in [3.05, 3.63) is 17.5 Å². The largest absolute Gasteiger partial charge is 0.433 e. The number of carbonyl (C=O) groups excluding carboxylic acids is 1. The number of alkyl halides is 3. The molecule has 8 heteroatoms. The van der Waals surface area contributed by atoms with Crippen molar-refractivity contribution in [3.8, 4) is 0 Å². The van der Waals surface area contributed by atoms with Gasteiger partial charge >= 0.3 is 6.18 Å². The predicted molar refractivity (Wildman–Crippen MR) is 58.8 cm³/mol. The number of rotatable bonds is 4. The Morgan fingerprint density at radius 1 is 1.59 bits per heavy atom. The number of thiol groups is 1. The lowest BCUT2D eigenvalue weighted by atomic mass is 10.3. The molecule has 0 saturated heterocycles. The second kappa shape index (κ2) is 5.44. The Labute approximate surface area is 102 Å². The highest BCUT2D eigenvalue weighted by Crippen LogP contribution is 2.29. The normalized spacial score (nSPS) is 11.6. The van der Waals surface area contributed by atoms with E-state index in [-0.39, 0.29) is 5.69 Å². The van der Waals surface area contributed by atoms with E-state index < -0.39 is 24.3 Å². The van der Waals surface area contributed by atoms with E-state index in [2.05, 4.69) is 23.0 Å². The molecule has 0 atom stereocenters. The first kappa shape index (κ1) is 13.9. The Bertz CT molecular complexity index is 403. The van der Waals surface area contributed by atoms with Gasteiger partial charge in [0, 0.05) is 12.3 Å². The molecular weight excluding hydrogens is 255 g/mol. The van der Waals surface area contributed by atoms with Crippen LogP contribution in [0.2, 0.25) is 0 Å².